The molecule has 98 valence electrons. The maximum Gasteiger partial charge on any atom is 0.323 e. The molecule has 0 unspecified atom stereocenters. The van der Waals surface area contributed by atoms with Crippen molar-refractivity contribution >= 4 is 23.4 Å². The highest BCUT2D eigenvalue weighted by Gasteiger charge is 2.36. The van der Waals surface area contributed by atoms with Gasteiger partial charge in [-0.3, -0.25) is 9.59 Å². The van der Waals surface area contributed by atoms with Crippen LogP contribution in [-0.2, 0) is 11.2 Å². The van der Waals surface area contributed by atoms with Crippen molar-refractivity contribution in [2.24, 2.45) is 0 Å². The van der Waals surface area contributed by atoms with E-state index in [1.807, 2.05) is 6.92 Å². The third kappa shape index (κ3) is 2.84. The SMILES string of the molecule is CCCc1nnsc1C(=O)N(CC(=O)O)C1CC1. The molecule has 1 aliphatic carbocycles. The third-order valence-electron chi connectivity index (χ3n) is 2.79. The second-order valence-electron chi connectivity index (χ2n) is 4.36. The Hall–Kier alpha value is -1.50. The van der Waals surface area contributed by atoms with Crippen molar-refractivity contribution in [3.05, 3.63) is 10.6 Å². The van der Waals surface area contributed by atoms with Gasteiger partial charge < -0.3 is 10.0 Å². The van der Waals surface area contributed by atoms with Gasteiger partial charge in [0.2, 0.25) is 0 Å². The van der Waals surface area contributed by atoms with Crippen molar-refractivity contribution in [1.29, 1.82) is 0 Å². The van der Waals surface area contributed by atoms with Gasteiger partial charge in [0.05, 0.1) is 5.69 Å². The number of amides is 1. The normalized spacial score (nSPS) is 14.5. The largest absolute Gasteiger partial charge is 0.480 e. The number of carbonyl (C=O) groups excluding carboxylic acids is 1. The Balaban J connectivity index is 2.16. The second kappa shape index (κ2) is 5.43. The molecule has 6 nitrogen and oxygen atoms in total. The summed E-state index contributed by atoms with van der Waals surface area (Å²) >= 11 is 1.05. The fourth-order valence-electron chi connectivity index (χ4n) is 1.80. The van der Waals surface area contributed by atoms with E-state index in [-0.39, 0.29) is 18.5 Å². The number of carboxylic acids is 1. The molecule has 2 rings (SSSR count). The highest BCUT2D eigenvalue weighted by Crippen LogP contribution is 2.29. The molecule has 0 spiro atoms. The average molecular weight is 269 g/mol. The van der Waals surface area contributed by atoms with Gasteiger partial charge in [0.15, 0.2) is 0 Å². The lowest BCUT2D eigenvalue weighted by Gasteiger charge is -2.19. The second-order valence-corrected chi connectivity index (χ2v) is 5.11. The molecule has 1 aromatic rings. The molecule has 0 radical (unpaired) electrons. The molecule has 1 saturated carbocycles. The lowest BCUT2D eigenvalue weighted by Crippen LogP contribution is -2.37. The highest BCUT2D eigenvalue weighted by molar-refractivity contribution is 7.08. The molecular weight excluding hydrogens is 254 g/mol. The average Bonchev–Trinajstić information content (AvgIpc) is 3.06. The molecule has 1 amide bonds. The topological polar surface area (TPSA) is 83.4 Å². The van der Waals surface area contributed by atoms with Crippen LogP contribution in [0.4, 0.5) is 0 Å². The predicted octanol–water partition coefficient (Wildman–Crippen LogP) is 1.18. The number of hydrogen-bond donors (Lipinski definition) is 1. The van der Waals surface area contributed by atoms with Crippen molar-refractivity contribution in [2.45, 2.75) is 38.6 Å². The van der Waals surface area contributed by atoms with Crippen LogP contribution >= 0.6 is 11.5 Å². The molecule has 1 N–H and O–H groups in total. The molecular formula is C11H15N3O3S. The van der Waals surface area contributed by atoms with E-state index in [0.29, 0.717) is 17.0 Å². The molecule has 1 heterocycles. The van der Waals surface area contributed by atoms with Crippen molar-refractivity contribution in [3.8, 4) is 0 Å². The minimum atomic E-state index is -0.982. The lowest BCUT2D eigenvalue weighted by molar-refractivity contribution is -0.137. The number of aliphatic carboxylic acids is 1. The summed E-state index contributed by atoms with van der Waals surface area (Å²) in [5.74, 6) is -1.22. The van der Waals surface area contributed by atoms with Crippen molar-refractivity contribution < 1.29 is 14.7 Å². The van der Waals surface area contributed by atoms with Crippen LogP contribution in [0.2, 0.25) is 0 Å². The van der Waals surface area contributed by atoms with E-state index in [9.17, 15) is 9.59 Å². The van der Waals surface area contributed by atoms with Crippen LogP contribution < -0.4 is 0 Å². The third-order valence-corrected chi connectivity index (χ3v) is 3.55. The van der Waals surface area contributed by atoms with E-state index in [2.05, 4.69) is 9.59 Å². The summed E-state index contributed by atoms with van der Waals surface area (Å²) in [4.78, 5) is 25.0. The fourth-order valence-corrected chi connectivity index (χ4v) is 2.47. The van der Waals surface area contributed by atoms with Crippen LogP contribution in [0.3, 0.4) is 0 Å². The minimum absolute atomic E-state index is 0.0742. The smallest absolute Gasteiger partial charge is 0.323 e. The first-order chi connectivity index (χ1) is 8.63. The van der Waals surface area contributed by atoms with Crippen LogP contribution in [0.25, 0.3) is 0 Å². The number of aromatic nitrogens is 2. The Labute approximate surface area is 109 Å². The first kappa shape index (κ1) is 12.9. The zero-order chi connectivity index (χ0) is 13.1. The number of rotatable bonds is 6. The van der Waals surface area contributed by atoms with Crippen molar-refractivity contribution in [1.82, 2.24) is 14.5 Å². The maximum atomic E-state index is 12.3. The molecule has 1 aromatic heterocycles. The van der Waals surface area contributed by atoms with Gasteiger partial charge in [-0.25, -0.2) is 0 Å². The van der Waals surface area contributed by atoms with Gasteiger partial charge in [-0.1, -0.05) is 17.8 Å². The minimum Gasteiger partial charge on any atom is -0.480 e. The highest BCUT2D eigenvalue weighted by atomic mass is 32.1. The molecule has 0 aliphatic heterocycles. The van der Waals surface area contributed by atoms with Gasteiger partial charge in [-0.15, -0.1) is 5.10 Å². The Morgan fingerprint density at radius 3 is 2.78 bits per heavy atom. The van der Waals surface area contributed by atoms with E-state index in [4.69, 9.17) is 5.11 Å². The summed E-state index contributed by atoms with van der Waals surface area (Å²) in [6.45, 7) is 1.76. The van der Waals surface area contributed by atoms with Gasteiger partial charge in [0, 0.05) is 6.04 Å². The summed E-state index contributed by atoms with van der Waals surface area (Å²) < 4.78 is 3.80. The van der Waals surface area contributed by atoms with Gasteiger partial charge in [-0.05, 0) is 30.8 Å². The Morgan fingerprint density at radius 2 is 2.22 bits per heavy atom. The van der Waals surface area contributed by atoms with Crippen molar-refractivity contribution in [3.63, 3.8) is 0 Å². The Kier molecular flexibility index (Phi) is 3.90. The molecule has 0 bridgehead atoms. The first-order valence-electron chi connectivity index (χ1n) is 5.97. The van der Waals surface area contributed by atoms with Crippen LogP contribution in [-0.4, -0.2) is 44.1 Å². The summed E-state index contributed by atoms with van der Waals surface area (Å²) in [5.41, 5.74) is 0.684. The standard InChI is InChI=1S/C11H15N3O3S/c1-2-3-8-10(18-13-12-8)11(17)14(6-9(15)16)7-4-5-7/h7H,2-6H2,1H3,(H,15,16). The van der Waals surface area contributed by atoms with Gasteiger partial charge >= 0.3 is 5.97 Å². The summed E-state index contributed by atoms with van der Waals surface area (Å²) in [7, 11) is 0. The van der Waals surface area contributed by atoms with Gasteiger partial charge in [-0.2, -0.15) is 0 Å². The quantitative estimate of drug-likeness (QED) is 0.838. The summed E-state index contributed by atoms with van der Waals surface area (Å²) in [6, 6.07) is 0.0742. The fraction of sp³-hybridized carbons (Fsp3) is 0.636. The Bertz CT molecular complexity index is 456. The van der Waals surface area contributed by atoms with E-state index in [0.717, 1.165) is 30.8 Å². The van der Waals surface area contributed by atoms with E-state index >= 15 is 0 Å². The van der Waals surface area contributed by atoms with Crippen LogP contribution in [0.1, 0.15) is 41.6 Å². The molecule has 1 fully saturated rings. The van der Waals surface area contributed by atoms with Crippen LogP contribution in [0.15, 0.2) is 0 Å². The molecule has 7 heteroatoms. The number of aryl methyl sites for hydroxylation is 1. The number of carboxylic acid groups (broad SMARTS) is 1. The van der Waals surface area contributed by atoms with E-state index < -0.39 is 5.97 Å². The lowest BCUT2D eigenvalue weighted by atomic mass is 10.2. The molecule has 1 aliphatic rings. The molecule has 0 atom stereocenters. The molecule has 18 heavy (non-hydrogen) atoms. The zero-order valence-electron chi connectivity index (χ0n) is 10.1. The van der Waals surface area contributed by atoms with Crippen molar-refractivity contribution in [2.75, 3.05) is 6.54 Å². The molecule has 0 aromatic carbocycles. The first-order valence-corrected chi connectivity index (χ1v) is 6.74. The predicted molar refractivity (Wildman–Crippen MR) is 65.6 cm³/mol. The van der Waals surface area contributed by atoms with Crippen LogP contribution in [0.5, 0.6) is 0 Å². The number of carbonyl (C=O) groups is 2. The summed E-state index contributed by atoms with van der Waals surface area (Å²) in [6.07, 6.45) is 3.35. The summed E-state index contributed by atoms with van der Waals surface area (Å²) in [5, 5.41) is 12.8. The van der Waals surface area contributed by atoms with Gasteiger partial charge in [0.25, 0.3) is 5.91 Å². The molecule has 0 saturated heterocycles. The van der Waals surface area contributed by atoms with E-state index in [1.54, 1.807) is 0 Å². The van der Waals surface area contributed by atoms with Gasteiger partial charge in [0.1, 0.15) is 11.4 Å². The maximum absolute atomic E-state index is 12.3. The zero-order valence-corrected chi connectivity index (χ0v) is 10.9. The Morgan fingerprint density at radius 1 is 1.50 bits per heavy atom. The van der Waals surface area contributed by atoms with Crippen LogP contribution in [0, 0.1) is 0 Å². The number of hydrogen-bond acceptors (Lipinski definition) is 5. The van der Waals surface area contributed by atoms with E-state index in [1.165, 1.54) is 4.90 Å². The number of nitrogens with zero attached hydrogens (tertiary/aromatic N) is 3. The monoisotopic (exact) mass is 269 g/mol.